The van der Waals surface area contributed by atoms with Crippen LogP contribution in [0.15, 0.2) is 6.07 Å². The monoisotopic (exact) mass is 282 g/mol. The third kappa shape index (κ3) is 4.56. The van der Waals surface area contributed by atoms with E-state index in [0.29, 0.717) is 19.4 Å². The molecule has 0 aliphatic carbocycles. The number of urea groups is 1. The van der Waals surface area contributed by atoms with Crippen LogP contribution in [0.2, 0.25) is 0 Å². The highest BCUT2D eigenvalue weighted by molar-refractivity contribution is 5.82. The van der Waals surface area contributed by atoms with Crippen LogP contribution in [0.4, 0.5) is 4.79 Å². The van der Waals surface area contributed by atoms with Crippen molar-refractivity contribution in [2.45, 2.75) is 52.7 Å². The van der Waals surface area contributed by atoms with E-state index in [9.17, 15) is 9.59 Å². The zero-order chi connectivity index (χ0) is 15.1. The Hall–Kier alpha value is -2.05. The maximum atomic E-state index is 11.7. The number of aliphatic carboxylic acids is 1. The fraction of sp³-hybridized carbons (Fsp3) is 0.615. The van der Waals surface area contributed by atoms with E-state index in [4.69, 9.17) is 5.11 Å². The van der Waals surface area contributed by atoms with Crippen molar-refractivity contribution in [2.24, 2.45) is 0 Å². The molecule has 0 radical (unpaired) electrons. The Kier molecular flexibility index (Phi) is 6.02. The summed E-state index contributed by atoms with van der Waals surface area (Å²) in [6.45, 7) is 6.77. The van der Waals surface area contributed by atoms with E-state index in [1.807, 2.05) is 26.8 Å². The number of amides is 2. The summed E-state index contributed by atoms with van der Waals surface area (Å²) in [5.74, 6) is -1.02. The summed E-state index contributed by atoms with van der Waals surface area (Å²) in [4.78, 5) is 22.6. The van der Waals surface area contributed by atoms with Crippen LogP contribution in [0.1, 0.15) is 38.1 Å². The summed E-state index contributed by atoms with van der Waals surface area (Å²) in [5.41, 5.74) is 1.78. The molecule has 0 spiro atoms. The maximum Gasteiger partial charge on any atom is 0.326 e. The number of hydrogen-bond acceptors (Lipinski definition) is 3. The lowest BCUT2D eigenvalue weighted by Gasteiger charge is -2.14. The first kappa shape index (κ1) is 16.0. The van der Waals surface area contributed by atoms with Crippen LogP contribution in [-0.2, 0) is 17.9 Å². The summed E-state index contributed by atoms with van der Waals surface area (Å²) in [6, 6.07) is 0.565. The maximum absolute atomic E-state index is 11.7. The van der Waals surface area contributed by atoms with Crippen molar-refractivity contribution in [3.8, 4) is 0 Å². The smallest absolute Gasteiger partial charge is 0.326 e. The second kappa shape index (κ2) is 7.52. The van der Waals surface area contributed by atoms with Gasteiger partial charge in [-0.15, -0.1) is 0 Å². The minimum atomic E-state index is -1.02. The molecule has 0 bridgehead atoms. The van der Waals surface area contributed by atoms with Gasteiger partial charge in [-0.3, -0.25) is 4.68 Å². The molecule has 1 rings (SSSR count). The van der Waals surface area contributed by atoms with Gasteiger partial charge in [-0.25, -0.2) is 9.59 Å². The van der Waals surface area contributed by atoms with E-state index in [-0.39, 0.29) is 0 Å². The molecule has 1 aromatic rings. The van der Waals surface area contributed by atoms with Gasteiger partial charge in [-0.05, 0) is 26.3 Å². The van der Waals surface area contributed by atoms with Crippen molar-refractivity contribution in [3.63, 3.8) is 0 Å². The molecule has 3 N–H and O–H groups in total. The van der Waals surface area contributed by atoms with Gasteiger partial charge in [0.05, 0.1) is 17.9 Å². The number of aryl methyl sites for hydroxylation is 2. The van der Waals surface area contributed by atoms with Crippen LogP contribution >= 0.6 is 0 Å². The van der Waals surface area contributed by atoms with Gasteiger partial charge >= 0.3 is 12.0 Å². The lowest BCUT2D eigenvalue weighted by atomic mass is 10.2. The van der Waals surface area contributed by atoms with Gasteiger partial charge in [-0.1, -0.05) is 13.3 Å². The van der Waals surface area contributed by atoms with Gasteiger partial charge in [0, 0.05) is 6.54 Å². The average molecular weight is 282 g/mol. The molecule has 0 aliphatic heterocycles. The van der Waals surface area contributed by atoms with Crippen LogP contribution < -0.4 is 10.6 Å². The van der Waals surface area contributed by atoms with Crippen LogP contribution in [0.3, 0.4) is 0 Å². The molecular weight excluding hydrogens is 260 g/mol. The summed E-state index contributed by atoms with van der Waals surface area (Å²) in [7, 11) is 0. The first-order valence-corrected chi connectivity index (χ1v) is 6.78. The Morgan fingerprint density at radius 1 is 1.45 bits per heavy atom. The summed E-state index contributed by atoms with van der Waals surface area (Å²) in [6.07, 6.45) is 1.10. The van der Waals surface area contributed by atoms with E-state index in [1.165, 1.54) is 0 Å². The van der Waals surface area contributed by atoms with Crippen LogP contribution in [0, 0.1) is 6.92 Å². The second-order valence-corrected chi connectivity index (χ2v) is 4.60. The lowest BCUT2D eigenvalue weighted by Crippen LogP contribution is -2.45. The van der Waals surface area contributed by atoms with Crippen molar-refractivity contribution in [3.05, 3.63) is 17.5 Å². The topological polar surface area (TPSA) is 96.3 Å². The molecule has 0 aliphatic rings. The number of nitrogens with zero attached hydrogens (tertiary/aromatic N) is 2. The molecule has 1 unspecified atom stereocenters. The first-order valence-electron chi connectivity index (χ1n) is 6.78. The zero-order valence-electron chi connectivity index (χ0n) is 12.1. The van der Waals surface area contributed by atoms with Gasteiger partial charge in [0.2, 0.25) is 0 Å². The van der Waals surface area contributed by atoms with Crippen molar-refractivity contribution in [1.29, 1.82) is 0 Å². The number of carbonyl (C=O) groups excluding carboxylic acids is 1. The number of aromatic nitrogens is 2. The lowest BCUT2D eigenvalue weighted by molar-refractivity contribution is -0.139. The quantitative estimate of drug-likeness (QED) is 0.701. The number of carbonyl (C=O) groups is 2. The Morgan fingerprint density at radius 2 is 2.15 bits per heavy atom. The highest BCUT2D eigenvalue weighted by Crippen LogP contribution is 2.03. The Morgan fingerprint density at radius 3 is 2.70 bits per heavy atom. The molecule has 20 heavy (non-hydrogen) atoms. The number of carboxylic acid groups (broad SMARTS) is 1. The van der Waals surface area contributed by atoms with Crippen LogP contribution in [0.5, 0.6) is 0 Å². The predicted molar refractivity (Wildman–Crippen MR) is 74.3 cm³/mol. The standard InChI is InChI=1S/C13H22N4O3/c1-4-6-11(12(18)19)15-13(20)14-8-10-7-9(3)16-17(10)5-2/h7,11H,4-6,8H2,1-3H3,(H,18,19)(H2,14,15,20). The molecule has 1 heterocycles. The van der Waals surface area contributed by atoms with Gasteiger partial charge in [0.1, 0.15) is 6.04 Å². The van der Waals surface area contributed by atoms with E-state index in [2.05, 4.69) is 15.7 Å². The number of rotatable bonds is 7. The van der Waals surface area contributed by atoms with Crippen molar-refractivity contribution in [2.75, 3.05) is 0 Å². The summed E-state index contributed by atoms with van der Waals surface area (Å²) in [5, 5.41) is 18.4. The Balaban J connectivity index is 2.52. The van der Waals surface area contributed by atoms with Crippen LogP contribution in [0.25, 0.3) is 0 Å². The zero-order valence-corrected chi connectivity index (χ0v) is 12.1. The summed E-state index contributed by atoms with van der Waals surface area (Å²) >= 11 is 0. The van der Waals surface area contributed by atoms with E-state index in [0.717, 1.165) is 17.9 Å². The fourth-order valence-corrected chi connectivity index (χ4v) is 1.94. The third-order valence-electron chi connectivity index (χ3n) is 2.90. The molecule has 0 fully saturated rings. The van der Waals surface area contributed by atoms with E-state index in [1.54, 1.807) is 4.68 Å². The SMILES string of the molecule is CCCC(NC(=O)NCc1cc(C)nn1CC)C(=O)O. The van der Waals surface area contributed by atoms with Gasteiger partial charge in [0.25, 0.3) is 0 Å². The predicted octanol–water partition coefficient (Wildman–Crippen LogP) is 1.26. The summed E-state index contributed by atoms with van der Waals surface area (Å²) < 4.78 is 1.80. The number of hydrogen-bond donors (Lipinski definition) is 3. The van der Waals surface area contributed by atoms with E-state index >= 15 is 0 Å². The minimum absolute atomic E-state index is 0.318. The highest BCUT2D eigenvalue weighted by atomic mass is 16.4. The number of carboxylic acids is 1. The largest absolute Gasteiger partial charge is 0.480 e. The van der Waals surface area contributed by atoms with Crippen molar-refractivity contribution < 1.29 is 14.7 Å². The molecule has 112 valence electrons. The average Bonchev–Trinajstić information content (AvgIpc) is 2.76. The second-order valence-electron chi connectivity index (χ2n) is 4.60. The number of nitrogens with one attached hydrogen (secondary N) is 2. The molecule has 0 saturated heterocycles. The highest BCUT2D eigenvalue weighted by Gasteiger charge is 2.18. The van der Waals surface area contributed by atoms with Gasteiger partial charge in [-0.2, -0.15) is 5.10 Å². The third-order valence-corrected chi connectivity index (χ3v) is 2.90. The molecule has 7 nitrogen and oxygen atoms in total. The molecular formula is C13H22N4O3. The van der Waals surface area contributed by atoms with Gasteiger partial charge in [0.15, 0.2) is 0 Å². The molecule has 1 aromatic heterocycles. The molecule has 1 atom stereocenters. The molecule has 0 aromatic carbocycles. The molecule has 2 amide bonds. The molecule has 7 heteroatoms. The minimum Gasteiger partial charge on any atom is -0.480 e. The molecule has 0 saturated carbocycles. The first-order chi connectivity index (χ1) is 9.47. The van der Waals surface area contributed by atoms with E-state index < -0.39 is 18.0 Å². The van der Waals surface area contributed by atoms with Crippen LogP contribution in [-0.4, -0.2) is 32.9 Å². The van der Waals surface area contributed by atoms with Gasteiger partial charge < -0.3 is 15.7 Å². The fourth-order valence-electron chi connectivity index (χ4n) is 1.94. The van der Waals surface area contributed by atoms with Crippen molar-refractivity contribution in [1.82, 2.24) is 20.4 Å². The van der Waals surface area contributed by atoms with Crippen molar-refractivity contribution >= 4 is 12.0 Å². The Bertz CT molecular complexity index is 470. The normalized spacial score (nSPS) is 11.9. The Labute approximate surface area is 118 Å².